The van der Waals surface area contributed by atoms with Crippen molar-refractivity contribution in [3.8, 4) is 0 Å². The number of nitrogens with zero attached hydrogens (tertiary/aromatic N) is 4. The van der Waals surface area contributed by atoms with Crippen molar-refractivity contribution in [2.45, 2.75) is 66.0 Å². The van der Waals surface area contributed by atoms with E-state index in [1.54, 1.807) is 0 Å². The molecule has 7 heteroatoms. The molecule has 7 nitrogen and oxygen atoms in total. The molecule has 1 aromatic rings. The lowest BCUT2D eigenvalue weighted by Crippen LogP contribution is -2.35. The molecule has 2 fully saturated rings. The molecule has 2 aliphatic rings. The Morgan fingerprint density at radius 3 is 2.67 bits per heavy atom. The van der Waals surface area contributed by atoms with Gasteiger partial charge in [-0.3, -0.25) is 10.1 Å². The van der Waals surface area contributed by atoms with Gasteiger partial charge < -0.3 is 10.2 Å². The molecule has 2 unspecified atom stereocenters. The summed E-state index contributed by atoms with van der Waals surface area (Å²) in [6, 6.07) is 0.375. The number of hydrogen-bond donors (Lipinski definition) is 1. The third kappa shape index (κ3) is 3.03. The quantitative estimate of drug-likeness (QED) is 0.669. The number of nitrogens with one attached hydrogen (secondary N) is 1. The maximum Gasteiger partial charge on any atom is 0.353 e. The summed E-state index contributed by atoms with van der Waals surface area (Å²) < 4.78 is 0. The molecule has 24 heavy (non-hydrogen) atoms. The van der Waals surface area contributed by atoms with Gasteiger partial charge in [-0.2, -0.15) is 0 Å². The second-order valence-electron chi connectivity index (χ2n) is 8.79. The molecule has 132 valence electrons. The van der Waals surface area contributed by atoms with Gasteiger partial charge in [0.1, 0.15) is 6.33 Å². The van der Waals surface area contributed by atoms with E-state index in [0.29, 0.717) is 17.7 Å². The fraction of sp³-hybridized carbons (Fsp3) is 0.765. The minimum absolute atomic E-state index is 0.000145. The van der Waals surface area contributed by atoms with Gasteiger partial charge in [-0.15, -0.1) is 0 Å². The second-order valence-corrected chi connectivity index (χ2v) is 8.79. The molecule has 1 N–H and O–H groups in total. The zero-order valence-corrected chi connectivity index (χ0v) is 15.2. The molecule has 0 aromatic carbocycles. The van der Waals surface area contributed by atoms with E-state index >= 15 is 0 Å². The summed E-state index contributed by atoms with van der Waals surface area (Å²) in [4.78, 5) is 22.0. The first kappa shape index (κ1) is 16.9. The van der Waals surface area contributed by atoms with Gasteiger partial charge in [0.2, 0.25) is 11.6 Å². The lowest BCUT2D eigenvalue weighted by Gasteiger charge is -2.39. The van der Waals surface area contributed by atoms with Crippen LogP contribution in [0.4, 0.5) is 17.3 Å². The molecule has 0 amide bonds. The first-order chi connectivity index (χ1) is 11.1. The van der Waals surface area contributed by atoms with Crippen molar-refractivity contribution in [3.05, 3.63) is 16.4 Å². The van der Waals surface area contributed by atoms with E-state index in [0.717, 1.165) is 25.8 Å². The van der Waals surface area contributed by atoms with E-state index < -0.39 is 0 Å². The van der Waals surface area contributed by atoms with Gasteiger partial charge in [0.15, 0.2) is 0 Å². The van der Waals surface area contributed by atoms with Gasteiger partial charge in [-0.1, -0.05) is 20.8 Å². The Hall–Kier alpha value is -1.92. The Morgan fingerprint density at radius 2 is 2.04 bits per heavy atom. The Morgan fingerprint density at radius 1 is 1.33 bits per heavy atom. The Balaban J connectivity index is 2.02. The Labute approximate surface area is 143 Å². The zero-order chi connectivity index (χ0) is 17.7. The zero-order valence-electron chi connectivity index (χ0n) is 15.2. The largest absolute Gasteiger partial charge is 0.362 e. The van der Waals surface area contributed by atoms with Crippen LogP contribution in [0.1, 0.15) is 53.9 Å². The van der Waals surface area contributed by atoms with Crippen molar-refractivity contribution in [1.82, 2.24) is 9.97 Å². The highest BCUT2D eigenvalue weighted by atomic mass is 16.6. The van der Waals surface area contributed by atoms with E-state index in [4.69, 9.17) is 0 Å². The van der Waals surface area contributed by atoms with Crippen molar-refractivity contribution >= 4 is 17.3 Å². The molecule has 0 spiro atoms. The highest BCUT2D eigenvalue weighted by Crippen LogP contribution is 2.54. The van der Waals surface area contributed by atoms with Crippen molar-refractivity contribution in [1.29, 1.82) is 0 Å². The van der Waals surface area contributed by atoms with Crippen molar-refractivity contribution in [2.75, 3.05) is 16.8 Å². The van der Waals surface area contributed by atoms with E-state index in [1.165, 1.54) is 6.33 Å². The number of rotatable bonds is 4. The lowest BCUT2D eigenvalue weighted by molar-refractivity contribution is -0.383. The third-order valence-electron chi connectivity index (χ3n) is 5.10. The molecule has 1 aromatic heterocycles. The molecule has 1 saturated carbocycles. The standard InChI is InChI=1S/C17H27N5O2/c1-11(2)20-14-13(22(23)24)15(19-10-18-14)21-9-17(5)7-12(21)6-16(3,4)8-17/h10-12H,6-9H2,1-5H3,(H,18,19,20). The van der Waals surface area contributed by atoms with Crippen LogP contribution in [0.15, 0.2) is 6.33 Å². The molecule has 2 atom stereocenters. The van der Waals surface area contributed by atoms with Crippen LogP contribution in [0.25, 0.3) is 0 Å². The van der Waals surface area contributed by atoms with E-state index in [2.05, 4.69) is 41.0 Å². The van der Waals surface area contributed by atoms with Gasteiger partial charge in [-0.25, -0.2) is 9.97 Å². The highest BCUT2D eigenvalue weighted by molar-refractivity contribution is 5.71. The van der Waals surface area contributed by atoms with E-state index in [9.17, 15) is 10.1 Å². The van der Waals surface area contributed by atoms with Crippen LogP contribution in [0, 0.1) is 20.9 Å². The maximum atomic E-state index is 11.7. The molecule has 1 saturated heterocycles. The third-order valence-corrected chi connectivity index (χ3v) is 5.10. The second kappa shape index (κ2) is 5.57. The lowest BCUT2D eigenvalue weighted by atomic mass is 9.65. The fourth-order valence-corrected chi connectivity index (χ4v) is 4.83. The topological polar surface area (TPSA) is 84.2 Å². The minimum atomic E-state index is -0.351. The molecule has 1 aliphatic carbocycles. The van der Waals surface area contributed by atoms with Crippen molar-refractivity contribution in [3.63, 3.8) is 0 Å². The van der Waals surface area contributed by atoms with Gasteiger partial charge in [0.05, 0.1) is 4.92 Å². The minimum Gasteiger partial charge on any atom is -0.362 e. The number of anilines is 2. The van der Waals surface area contributed by atoms with Crippen LogP contribution in [-0.4, -0.2) is 33.5 Å². The predicted molar refractivity (Wildman–Crippen MR) is 94.3 cm³/mol. The summed E-state index contributed by atoms with van der Waals surface area (Å²) in [5.41, 5.74) is 0.449. The smallest absolute Gasteiger partial charge is 0.353 e. The summed E-state index contributed by atoms with van der Waals surface area (Å²) >= 11 is 0. The normalized spacial score (nSPS) is 28.2. The molecular formula is C17H27N5O2. The van der Waals surface area contributed by atoms with Crippen LogP contribution < -0.4 is 10.2 Å². The van der Waals surface area contributed by atoms with Crippen LogP contribution in [0.5, 0.6) is 0 Å². The summed E-state index contributed by atoms with van der Waals surface area (Å²) in [5.74, 6) is 0.774. The average Bonchev–Trinajstić information content (AvgIpc) is 2.66. The Bertz CT molecular complexity index is 660. The molecular weight excluding hydrogens is 306 g/mol. The van der Waals surface area contributed by atoms with Gasteiger partial charge in [0.25, 0.3) is 0 Å². The van der Waals surface area contributed by atoms with Crippen LogP contribution >= 0.6 is 0 Å². The number of aromatic nitrogens is 2. The van der Waals surface area contributed by atoms with Crippen LogP contribution in [-0.2, 0) is 0 Å². The molecule has 3 rings (SSSR count). The van der Waals surface area contributed by atoms with E-state index in [-0.39, 0.29) is 27.5 Å². The van der Waals surface area contributed by atoms with Gasteiger partial charge in [-0.05, 0) is 43.9 Å². The summed E-state index contributed by atoms with van der Waals surface area (Å²) in [7, 11) is 0. The number of nitro groups is 1. The first-order valence-corrected chi connectivity index (χ1v) is 8.63. The summed E-state index contributed by atoms with van der Waals surface area (Å²) in [6.45, 7) is 11.6. The first-order valence-electron chi connectivity index (χ1n) is 8.63. The molecule has 2 heterocycles. The fourth-order valence-electron chi connectivity index (χ4n) is 4.83. The van der Waals surface area contributed by atoms with Gasteiger partial charge >= 0.3 is 5.69 Å². The summed E-state index contributed by atoms with van der Waals surface area (Å²) in [6.07, 6.45) is 4.69. The molecule has 0 radical (unpaired) electrons. The predicted octanol–water partition coefficient (Wildman–Crippen LogP) is 3.61. The molecule has 2 bridgehead atoms. The summed E-state index contributed by atoms with van der Waals surface area (Å²) in [5, 5.41) is 14.8. The van der Waals surface area contributed by atoms with Gasteiger partial charge in [0, 0.05) is 18.6 Å². The van der Waals surface area contributed by atoms with E-state index in [1.807, 2.05) is 13.8 Å². The number of fused-ring (bicyclic) bond motifs is 2. The Kier molecular flexibility index (Phi) is 3.92. The maximum absolute atomic E-state index is 11.7. The molecule has 1 aliphatic heterocycles. The van der Waals surface area contributed by atoms with Crippen molar-refractivity contribution in [2.24, 2.45) is 10.8 Å². The number of hydrogen-bond acceptors (Lipinski definition) is 6. The van der Waals surface area contributed by atoms with Crippen molar-refractivity contribution < 1.29 is 4.92 Å². The SMILES string of the molecule is CC(C)Nc1ncnc(N2CC3(C)CC2CC(C)(C)C3)c1[N+](=O)[O-]. The van der Waals surface area contributed by atoms with Crippen LogP contribution in [0.2, 0.25) is 0 Å². The highest BCUT2D eigenvalue weighted by Gasteiger charge is 2.51. The monoisotopic (exact) mass is 333 g/mol. The van der Waals surface area contributed by atoms with Crippen LogP contribution in [0.3, 0.4) is 0 Å². The average molecular weight is 333 g/mol.